The Labute approximate surface area is 87.6 Å². The summed E-state index contributed by atoms with van der Waals surface area (Å²) in [5.74, 6) is 0. The van der Waals surface area contributed by atoms with Gasteiger partial charge in [-0.05, 0) is 12.1 Å². The summed E-state index contributed by atoms with van der Waals surface area (Å²) in [7, 11) is 0. The molecule has 0 radical (unpaired) electrons. The zero-order chi connectivity index (χ0) is 6.24. The Morgan fingerprint density at radius 2 is 1.30 bits per heavy atom. The predicted molar refractivity (Wildman–Crippen MR) is 42.0 cm³/mol. The van der Waals surface area contributed by atoms with Gasteiger partial charge in [0.15, 0.2) is 0 Å². The summed E-state index contributed by atoms with van der Waals surface area (Å²) in [6.45, 7) is 4.00. The molecule has 0 spiro atoms. The van der Waals surface area contributed by atoms with Crippen molar-refractivity contribution in [2.45, 2.75) is 13.8 Å². The Balaban J connectivity index is -0.000000114. The van der Waals surface area contributed by atoms with E-state index in [2.05, 4.69) is 4.98 Å². The Morgan fingerprint density at radius 1 is 0.900 bits per heavy atom. The molecule has 0 aliphatic carbocycles. The van der Waals surface area contributed by atoms with E-state index in [1.165, 1.54) is 0 Å². The van der Waals surface area contributed by atoms with Crippen LogP contribution in [0.3, 0.4) is 0 Å². The van der Waals surface area contributed by atoms with E-state index in [-0.39, 0.29) is 38.5 Å². The van der Waals surface area contributed by atoms with Gasteiger partial charge in [-0.15, -0.1) is 0 Å². The van der Waals surface area contributed by atoms with E-state index in [1.54, 1.807) is 12.4 Å². The third-order valence-electron chi connectivity index (χ3n) is 0.566. The Bertz CT molecular complexity index is 81.2. The fourth-order valence-corrected chi connectivity index (χ4v) is 0.313. The van der Waals surface area contributed by atoms with Gasteiger partial charge in [-0.25, -0.2) is 0 Å². The number of pyridine rings is 1. The first-order valence-corrected chi connectivity index (χ1v) is 2.85. The second kappa shape index (κ2) is 16.1. The molecule has 0 amide bonds. The van der Waals surface area contributed by atoms with Gasteiger partial charge in [-0.1, -0.05) is 19.9 Å². The maximum Gasteiger partial charge on any atom is 0.0267 e. The van der Waals surface area contributed by atoms with E-state index in [9.17, 15) is 0 Å². The fourth-order valence-electron chi connectivity index (χ4n) is 0.313. The molecule has 1 rings (SSSR count). The summed E-state index contributed by atoms with van der Waals surface area (Å²) in [5, 5.41) is 0. The zero-order valence-corrected chi connectivity index (χ0v) is 11.0. The minimum atomic E-state index is 0. The van der Waals surface area contributed by atoms with E-state index in [0.29, 0.717) is 0 Å². The van der Waals surface area contributed by atoms with E-state index in [4.69, 9.17) is 0 Å². The summed E-state index contributed by atoms with van der Waals surface area (Å²) in [5.41, 5.74) is 0. The van der Waals surface area contributed by atoms with Gasteiger partial charge in [0.25, 0.3) is 0 Å². The van der Waals surface area contributed by atoms with Crippen molar-refractivity contribution in [2.24, 2.45) is 0 Å². The van der Waals surface area contributed by atoms with Crippen LogP contribution in [0.5, 0.6) is 0 Å². The van der Waals surface area contributed by atoms with Gasteiger partial charge in [0.05, 0.1) is 0 Å². The first-order chi connectivity index (χ1) is 4.00. The van der Waals surface area contributed by atoms with E-state index < -0.39 is 0 Å². The number of aromatic nitrogens is 1. The molecule has 1 nitrogen and oxygen atoms in total. The topological polar surface area (TPSA) is 12.9 Å². The van der Waals surface area contributed by atoms with Crippen molar-refractivity contribution in [3.63, 3.8) is 0 Å². The molecule has 10 heavy (non-hydrogen) atoms. The van der Waals surface area contributed by atoms with Gasteiger partial charge in [0.2, 0.25) is 0 Å². The molecule has 0 fully saturated rings. The third-order valence-corrected chi connectivity index (χ3v) is 0.566. The zero-order valence-electron chi connectivity index (χ0n) is 6.83. The van der Waals surface area contributed by atoms with Gasteiger partial charge in [-0.2, -0.15) is 0 Å². The minimum absolute atomic E-state index is 0. The second-order valence-electron chi connectivity index (χ2n) is 1.02. The number of rotatable bonds is 0. The van der Waals surface area contributed by atoms with Crippen LogP contribution in [0.1, 0.15) is 13.8 Å². The third kappa shape index (κ3) is 11.1. The summed E-state index contributed by atoms with van der Waals surface area (Å²) in [6, 6.07) is 5.72. The van der Waals surface area contributed by atoms with Gasteiger partial charge < -0.3 is 7.43 Å². The van der Waals surface area contributed by atoms with Crippen molar-refractivity contribution >= 4 is 0 Å². The molecule has 0 aromatic carbocycles. The van der Waals surface area contributed by atoms with Crippen LogP contribution in [-0.2, 0) is 0 Å². The normalized spacial score (nSPS) is 5.40. The molecule has 0 atom stereocenters. The van der Waals surface area contributed by atoms with Crippen LogP contribution in [0.2, 0.25) is 0 Å². The van der Waals surface area contributed by atoms with Crippen LogP contribution < -0.4 is 0 Å². The number of nitrogens with zero attached hydrogens (tertiary/aromatic N) is 1. The monoisotopic (exact) mass is 362 g/mol. The average molecular weight is 362 g/mol. The molecular weight excluding hydrogens is 348 g/mol. The number of hydrogen-bond donors (Lipinski definition) is 0. The van der Waals surface area contributed by atoms with Gasteiger partial charge in [0.1, 0.15) is 0 Å². The van der Waals surface area contributed by atoms with Crippen molar-refractivity contribution < 1.29 is 31.1 Å². The Hall–Kier alpha value is 0.202. The van der Waals surface area contributed by atoms with E-state index >= 15 is 0 Å². The molecule has 0 unspecified atom stereocenters. The molecule has 0 saturated carbocycles. The molecule has 0 bridgehead atoms. The summed E-state index contributed by atoms with van der Waals surface area (Å²) in [4.78, 5) is 3.78. The van der Waals surface area contributed by atoms with Gasteiger partial charge in [-0.3, -0.25) is 4.98 Å². The van der Waals surface area contributed by atoms with Crippen molar-refractivity contribution in [1.82, 2.24) is 4.98 Å². The summed E-state index contributed by atoms with van der Waals surface area (Å²) >= 11 is 0. The average Bonchev–Trinajstić information content (AvgIpc) is 1.96. The maximum absolute atomic E-state index is 3.78. The molecular formula is C8H14NU-. The number of hydrogen-bond acceptors (Lipinski definition) is 1. The standard InChI is InChI=1S/C5H5N.C2H6.CH3.U/c1-2-4-6-5-3-1;1-2;;/h1-5H;1-2H3;1H3;/q;;-1;. The maximum atomic E-state index is 3.78. The van der Waals surface area contributed by atoms with Crippen molar-refractivity contribution in [2.75, 3.05) is 0 Å². The largest absolute Gasteiger partial charge is 0.358 e. The quantitative estimate of drug-likeness (QED) is 0.647. The van der Waals surface area contributed by atoms with E-state index in [0.717, 1.165) is 0 Å². The van der Waals surface area contributed by atoms with Gasteiger partial charge >= 0.3 is 0 Å². The Morgan fingerprint density at radius 3 is 1.40 bits per heavy atom. The molecule has 0 aliphatic heterocycles. The molecule has 0 N–H and O–H groups in total. The fraction of sp³-hybridized carbons (Fsp3) is 0.250. The van der Waals surface area contributed by atoms with Crippen LogP contribution in [0.25, 0.3) is 0 Å². The van der Waals surface area contributed by atoms with Crippen molar-refractivity contribution in [3.05, 3.63) is 38.0 Å². The molecule has 56 valence electrons. The smallest absolute Gasteiger partial charge is 0.0267 e. The van der Waals surface area contributed by atoms with Crippen LogP contribution in [0.15, 0.2) is 30.6 Å². The molecule has 1 aromatic rings. The van der Waals surface area contributed by atoms with Crippen LogP contribution in [0.4, 0.5) is 0 Å². The van der Waals surface area contributed by atoms with Crippen LogP contribution >= 0.6 is 0 Å². The molecule has 0 saturated heterocycles. The van der Waals surface area contributed by atoms with Crippen molar-refractivity contribution in [1.29, 1.82) is 0 Å². The first-order valence-electron chi connectivity index (χ1n) is 2.85. The van der Waals surface area contributed by atoms with Gasteiger partial charge in [0, 0.05) is 43.5 Å². The first kappa shape index (κ1) is 16.7. The van der Waals surface area contributed by atoms with Crippen molar-refractivity contribution in [3.8, 4) is 0 Å². The SMILES string of the molecule is CC.[CH3-].[U].c1ccncc1. The molecule has 2 heteroatoms. The van der Waals surface area contributed by atoms with E-state index in [1.807, 2.05) is 32.0 Å². The van der Waals surface area contributed by atoms with Crippen LogP contribution in [0, 0.1) is 38.5 Å². The Kier molecular flexibility index (Phi) is 26.8. The minimum Gasteiger partial charge on any atom is -0.358 e. The molecule has 1 aromatic heterocycles. The molecule has 0 aliphatic rings. The predicted octanol–water partition coefficient (Wildman–Crippen LogP) is 2.56. The van der Waals surface area contributed by atoms with Crippen LogP contribution in [-0.4, -0.2) is 4.98 Å². The second-order valence-corrected chi connectivity index (χ2v) is 1.02. The summed E-state index contributed by atoms with van der Waals surface area (Å²) in [6.07, 6.45) is 3.50. The summed E-state index contributed by atoms with van der Waals surface area (Å²) < 4.78 is 0. The molecule has 1 heterocycles.